The van der Waals surface area contributed by atoms with E-state index in [4.69, 9.17) is 4.74 Å². The van der Waals surface area contributed by atoms with Crippen molar-refractivity contribution in [2.45, 2.75) is 19.3 Å². The van der Waals surface area contributed by atoms with Crippen LogP contribution in [-0.2, 0) is 17.6 Å². The number of hydrogen-bond acceptors (Lipinski definition) is 3. The smallest absolute Gasteiger partial charge is 0.222 e. The summed E-state index contributed by atoms with van der Waals surface area (Å²) in [5.41, 5.74) is 2.14. The maximum atomic E-state index is 13.2. The van der Waals surface area contributed by atoms with Crippen molar-refractivity contribution in [3.63, 3.8) is 0 Å². The van der Waals surface area contributed by atoms with Crippen molar-refractivity contribution in [1.29, 1.82) is 0 Å². The fourth-order valence-corrected chi connectivity index (χ4v) is 3.44. The third-order valence-electron chi connectivity index (χ3n) is 5.09. The van der Waals surface area contributed by atoms with E-state index in [9.17, 15) is 9.18 Å². The summed E-state index contributed by atoms with van der Waals surface area (Å²) < 4.78 is 18.5. The Labute approximate surface area is 160 Å². The molecule has 3 rings (SSSR count). The second kappa shape index (κ2) is 9.51. The molecule has 1 amide bonds. The zero-order valence-electron chi connectivity index (χ0n) is 15.9. The zero-order valence-corrected chi connectivity index (χ0v) is 15.9. The van der Waals surface area contributed by atoms with E-state index in [0.29, 0.717) is 12.8 Å². The monoisotopic (exact) mass is 370 g/mol. The topological polar surface area (TPSA) is 32.8 Å². The van der Waals surface area contributed by atoms with Crippen LogP contribution in [0.5, 0.6) is 5.75 Å². The molecule has 1 aliphatic rings. The second-order valence-electron chi connectivity index (χ2n) is 6.95. The molecule has 0 radical (unpaired) electrons. The fourth-order valence-electron chi connectivity index (χ4n) is 3.44. The van der Waals surface area contributed by atoms with E-state index in [0.717, 1.165) is 50.5 Å². The summed E-state index contributed by atoms with van der Waals surface area (Å²) in [6.07, 6.45) is 2.00. The van der Waals surface area contributed by atoms with E-state index in [1.165, 1.54) is 17.7 Å². The van der Waals surface area contributed by atoms with Gasteiger partial charge < -0.3 is 9.64 Å². The number of halogens is 1. The van der Waals surface area contributed by atoms with Gasteiger partial charge >= 0.3 is 0 Å². The van der Waals surface area contributed by atoms with Crippen LogP contribution < -0.4 is 4.74 Å². The number of ether oxygens (including phenoxy) is 1. The van der Waals surface area contributed by atoms with Gasteiger partial charge in [0.2, 0.25) is 5.91 Å². The Kier molecular flexibility index (Phi) is 6.82. The van der Waals surface area contributed by atoms with Crippen molar-refractivity contribution in [2.75, 3.05) is 39.8 Å². The Balaban J connectivity index is 1.39. The number of piperazine rings is 1. The molecule has 5 heteroatoms. The maximum absolute atomic E-state index is 13.2. The van der Waals surface area contributed by atoms with Gasteiger partial charge in [0.25, 0.3) is 0 Å². The number of hydrogen-bond donors (Lipinski definition) is 0. The van der Waals surface area contributed by atoms with E-state index < -0.39 is 0 Å². The number of rotatable bonds is 7. The first-order valence-electron chi connectivity index (χ1n) is 9.51. The lowest BCUT2D eigenvalue weighted by molar-refractivity contribution is -0.132. The number of nitrogens with zero attached hydrogens (tertiary/aromatic N) is 2. The lowest BCUT2D eigenvalue weighted by Crippen LogP contribution is -2.49. The van der Waals surface area contributed by atoms with Gasteiger partial charge in [-0.15, -0.1) is 0 Å². The third kappa shape index (κ3) is 5.79. The predicted octanol–water partition coefficient (Wildman–Crippen LogP) is 3.15. The number of amides is 1. The fraction of sp³-hybridized carbons (Fsp3) is 0.409. The van der Waals surface area contributed by atoms with Gasteiger partial charge in [0, 0.05) is 39.1 Å². The maximum Gasteiger partial charge on any atom is 0.222 e. The molecule has 0 bridgehead atoms. The first-order chi connectivity index (χ1) is 13.1. The first kappa shape index (κ1) is 19.4. The van der Waals surface area contributed by atoms with Crippen LogP contribution >= 0.6 is 0 Å². The van der Waals surface area contributed by atoms with Gasteiger partial charge in [-0.1, -0.05) is 24.3 Å². The van der Waals surface area contributed by atoms with Crippen LogP contribution in [-0.4, -0.2) is 55.5 Å². The van der Waals surface area contributed by atoms with Gasteiger partial charge in [-0.05, 0) is 48.2 Å². The minimum Gasteiger partial charge on any atom is -0.497 e. The molecule has 27 heavy (non-hydrogen) atoms. The highest BCUT2D eigenvalue weighted by Crippen LogP contribution is 2.14. The molecule has 0 saturated carbocycles. The summed E-state index contributed by atoms with van der Waals surface area (Å²) >= 11 is 0. The molecule has 0 unspecified atom stereocenters. The summed E-state index contributed by atoms with van der Waals surface area (Å²) in [5.74, 6) is 0.803. The number of benzene rings is 2. The third-order valence-corrected chi connectivity index (χ3v) is 5.09. The molecular formula is C22H27FN2O2. The molecule has 2 aromatic rings. The molecule has 0 aliphatic carbocycles. The van der Waals surface area contributed by atoms with Crippen molar-refractivity contribution < 1.29 is 13.9 Å². The Bertz CT molecular complexity index is 757. The summed E-state index contributed by atoms with van der Waals surface area (Å²) in [6.45, 7) is 4.31. The molecule has 144 valence electrons. The summed E-state index contributed by atoms with van der Waals surface area (Å²) in [6, 6.07) is 14.7. The average molecular weight is 370 g/mol. The molecule has 0 spiro atoms. The van der Waals surface area contributed by atoms with Crippen LogP contribution in [0.4, 0.5) is 4.39 Å². The largest absolute Gasteiger partial charge is 0.497 e. The average Bonchev–Trinajstić information content (AvgIpc) is 2.71. The molecule has 1 saturated heterocycles. The van der Waals surface area contributed by atoms with Gasteiger partial charge in [-0.25, -0.2) is 4.39 Å². The number of aryl methyl sites for hydroxylation is 1. The van der Waals surface area contributed by atoms with Crippen molar-refractivity contribution in [3.05, 3.63) is 65.5 Å². The molecule has 1 fully saturated rings. The summed E-state index contributed by atoms with van der Waals surface area (Å²) in [5, 5.41) is 0. The summed E-state index contributed by atoms with van der Waals surface area (Å²) in [4.78, 5) is 16.7. The molecule has 0 N–H and O–H groups in total. The molecule has 1 aliphatic heterocycles. The normalized spacial score (nSPS) is 15.0. The standard InChI is InChI=1S/C22H27FN2O2/c1-27-21-7-3-5-19(17-21)10-11-24-12-14-25(15-13-24)22(26)9-8-18-4-2-6-20(23)16-18/h2-7,16-17H,8-15H2,1H3. The van der Waals surface area contributed by atoms with Gasteiger partial charge in [0.1, 0.15) is 11.6 Å². The van der Waals surface area contributed by atoms with Gasteiger partial charge in [0.15, 0.2) is 0 Å². The van der Waals surface area contributed by atoms with Crippen LogP contribution in [0.3, 0.4) is 0 Å². The number of methoxy groups -OCH3 is 1. The molecule has 0 aromatic heterocycles. The van der Waals surface area contributed by atoms with E-state index in [1.807, 2.05) is 23.1 Å². The molecular weight excluding hydrogens is 343 g/mol. The van der Waals surface area contributed by atoms with Gasteiger partial charge in [0.05, 0.1) is 7.11 Å². The van der Waals surface area contributed by atoms with Crippen LogP contribution in [0.2, 0.25) is 0 Å². The van der Waals surface area contributed by atoms with E-state index in [2.05, 4.69) is 17.0 Å². The lowest BCUT2D eigenvalue weighted by atomic mass is 10.1. The number of carbonyl (C=O) groups excluding carboxylic acids is 1. The van der Waals surface area contributed by atoms with Crippen LogP contribution in [0.1, 0.15) is 17.5 Å². The highest BCUT2D eigenvalue weighted by molar-refractivity contribution is 5.76. The predicted molar refractivity (Wildman–Crippen MR) is 104 cm³/mol. The van der Waals surface area contributed by atoms with Crippen LogP contribution in [0, 0.1) is 5.82 Å². The molecule has 4 nitrogen and oxygen atoms in total. The highest BCUT2D eigenvalue weighted by Gasteiger charge is 2.20. The van der Waals surface area contributed by atoms with Gasteiger partial charge in [-0.2, -0.15) is 0 Å². The van der Waals surface area contributed by atoms with E-state index in [1.54, 1.807) is 13.2 Å². The molecule has 1 heterocycles. The van der Waals surface area contributed by atoms with Crippen molar-refractivity contribution in [1.82, 2.24) is 9.80 Å². The van der Waals surface area contributed by atoms with Crippen molar-refractivity contribution in [2.24, 2.45) is 0 Å². The lowest BCUT2D eigenvalue weighted by Gasteiger charge is -2.34. The Morgan fingerprint density at radius 1 is 1.00 bits per heavy atom. The SMILES string of the molecule is COc1cccc(CCN2CCN(C(=O)CCc3cccc(F)c3)CC2)c1. The Hall–Kier alpha value is -2.40. The van der Waals surface area contributed by atoms with Crippen molar-refractivity contribution in [3.8, 4) is 5.75 Å². The highest BCUT2D eigenvalue weighted by atomic mass is 19.1. The van der Waals surface area contributed by atoms with Crippen LogP contribution in [0.25, 0.3) is 0 Å². The second-order valence-corrected chi connectivity index (χ2v) is 6.95. The Morgan fingerprint density at radius 3 is 2.41 bits per heavy atom. The first-order valence-corrected chi connectivity index (χ1v) is 9.51. The minimum atomic E-state index is -0.246. The van der Waals surface area contributed by atoms with E-state index in [-0.39, 0.29) is 11.7 Å². The van der Waals surface area contributed by atoms with Crippen LogP contribution in [0.15, 0.2) is 48.5 Å². The number of carbonyl (C=O) groups is 1. The Morgan fingerprint density at radius 2 is 1.70 bits per heavy atom. The quantitative estimate of drug-likeness (QED) is 0.751. The van der Waals surface area contributed by atoms with E-state index >= 15 is 0 Å². The zero-order chi connectivity index (χ0) is 19.1. The molecule has 0 atom stereocenters. The van der Waals surface area contributed by atoms with Crippen molar-refractivity contribution >= 4 is 5.91 Å². The summed E-state index contributed by atoms with van der Waals surface area (Å²) in [7, 11) is 1.68. The molecule has 2 aromatic carbocycles. The van der Waals surface area contributed by atoms with Gasteiger partial charge in [-0.3, -0.25) is 9.69 Å². The minimum absolute atomic E-state index is 0.159.